The summed E-state index contributed by atoms with van der Waals surface area (Å²) in [6.45, 7) is 6.73. The number of carbonyl (C=O) groups is 1. The lowest BCUT2D eigenvalue weighted by atomic mass is 9.59. The van der Waals surface area contributed by atoms with Crippen LogP contribution < -0.4 is 11.1 Å². The summed E-state index contributed by atoms with van der Waals surface area (Å²) >= 11 is 3.16. The van der Waals surface area contributed by atoms with Crippen molar-refractivity contribution in [3.63, 3.8) is 0 Å². The van der Waals surface area contributed by atoms with Crippen molar-refractivity contribution >= 4 is 27.5 Å². The molecule has 1 amide bonds. The van der Waals surface area contributed by atoms with Crippen molar-refractivity contribution in [2.75, 3.05) is 0 Å². The highest BCUT2D eigenvalue weighted by Crippen LogP contribution is 2.51. The van der Waals surface area contributed by atoms with E-state index in [2.05, 4.69) is 26.4 Å². The average molecular weight is 354 g/mol. The van der Waals surface area contributed by atoms with E-state index < -0.39 is 23.0 Å². The summed E-state index contributed by atoms with van der Waals surface area (Å²) < 4.78 is 0.193. The van der Waals surface area contributed by atoms with Crippen LogP contribution in [0, 0.1) is 33.5 Å². The number of amides is 1. The molecule has 0 aliphatic carbocycles. The number of oxime groups is 1. The van der Waals surface area contributed by atoms with E-state index in [9.17, 15) is 15.3 Å². The summed E-state index contributed by atoms with van der Waals surface area (Å²) in [5.41, 5.74) is 3.10. The van der Waals surface area contributed by atoms with Crippen molar-refractivity contribution in [3.8, 4) is 12.1 Å². The van der Waals surface area contributed by atoms with Crippen LogP contribution >= 0.6 is 15.9 Å². The van der Waals surface area contributed by atoms with Crippen molar-refractivity contribution < 1.29 is 9.63 Å². The predicted molar refractivity (Wildman–Crippen MR) is 79.4 cm³/mol. The maximum absolute atomic E-state index is 12.0. The minimum Gasteiger partial charge on any atom is -0.370 e. The minimum atomic E-state index is -1.83. The maximum Gasteiger partial charge on any atom is 0.244 e. The first-order valence-corrected chi connectivity index (χ1v) is 6.89. The molecule has 2 atom stereocenters. The lowest BCUT2D eigenvalue weighted by Crippen LogP contribution is -2.61. The molecule has 0 aromatic carbocycles. The molecule has 0 bridgehead atoms. The Balaban J connectivity index is 3.55. The second-order valence-electron chi connectivity index (χ2n) is 5.42. The van der Waals surface area contributed by atoms with Gasteiger partial charge in [0, 0.05) is 0 Å². The first-order chi connectivity index (χ1) is 9.65. The molecule has 0 aromatic rings. The van der Waals surface area contributed by atoms with Crippen LogP contribution in [0.15, 0.2) is 15.3 Å². The number of nitrogens with one attached hydrogen (secondary N) is 1. The van der Waals surface area contributed by atoms with Crippen LogP contribution in [-0.4, -0.2) is 17.8 Å². The molecule has 7 nitrogen and oxygen atoms in total. The van der Waals surface area contributed by atoms with Gasteiger partial charge in [-0.25, -0.2) is 0 Å². The third-order valence-electron chi connectivity index (χ3n) is 3.46. The van der Waals surface area contributed by atoms with Gasteiger partial charge in [0.25, 0.3) is 0 Å². The lowest BCUT2D eigenvalue weighted by molar-refractivity contribution is -0.138. The molecule has 1 rings (SSSR count). The molecule has 1 aliphatic rings. The number of nitrogens with two attached hydrogens (primary N) is 1. The average Bonchev–Trinajstić information content (AvgIpc) is 2.37. The third kappa shape index (κ3) is 2.47. The topological polar surface area (TPSA) is 124 Å². The quantitative estimate of drug-likeness (QED) is 0.451. The molecule has 8 heteroatoms. The SMILES string of the molecule is CC(C)=NOC1NC(Br)=C(C#N)C(C#N)(C(N)=O)C1(C)C. The monoisotopic (exact) mass is 353 g/mol. The summed E-state index contributed by atoms with van der Waals surface area (Å²) in [6.07, 6.45) is -0.814. The van der Waals surface area contributed by atoms with Crippen molar-refractivity contribution in [2.24, 2.45) is 21.7 Å². The van der Waals surface area contributed by atoms with E-state index in [1.807, 2.05) is 12.1 Å². The van der Waals surface area contributed by atoms with Gasteiger partial charge in [-0.3, -0.25) is 4.79 Å². The minimum absolute atomic E-state index is 0.0699. The molecular weight excluding hydrogens is 338 g/mol. The molecule has 3 N–H and O–H groups in total. The van der Waals surface area contributed by atoms with Gasteiger partial charge < -0.3 is 15.9 Å². The number of halogens is 1. The Morgan fingerprint density at radius 1 is 1.48 bits per heavy atom. The zero-order valence-corrected chi connectivity index (χ0v) is 13.8. The summed E-state index contributed by atoms with van der Waals surface area (Å²) in [4.78, 5) is 17.4. The first-order valence-electron chi connectivity index (χ1n) is 6.10. The van der Waals surface area contributed by atoms with Crippen LogP contribution in [0.1, 0.15) is 27.7 Å². The van der Waals surface area contributed by atoms with E-state index in [4.69, 9.17) is 10.6 Å². The molecule has 0 fully saturated rings. The van der Waals surface area contributed by atoms with Gasteiger partial charge in [-0.05, 0) is 29.8 Å². The maximum atomic E-state index is 12.0. The number of primary amides is 1. The molecule has 0 spiro atoms. The van der Waals surface area contributed by atoms with Crippen LogP contribution in [0.25, 0.3) is 0 Å². The molecule has 1 heterocycles. The normalized spacial score (nSPS) is 26.9. The van der Waals surface area contributed by atoms with Gasteiger partial charge in [-0.15, -0.1) is 0 Å². The molecule has 0 aromatic heterocycles. The van der Waals surface area contributed by atoms with Gasteiger partial charge in [0.1, 0.15) is 0 Å². The van der Waals surface area contributed by atoms with Crippen LogP contribution in [0.2, 0.25) is 0 Å². The predicted octanol–water partition coefficient (Wildman–Crippen LogP) is 1.48. The number of nitrogens with zero attached hydrogens (tertiary/aromatic N) is 3. The van der Waals surface area contributed by atoms with Gasteiger partial charge in [-0.1, -0.05) is 19.0 Å². The Bertz CT molecular complexity index is 607. The zero-order chi connectivity index (χ0) is 16.4. The van der Waals surface area contributed by atoms with E-state index in [1.165, 1.54) is 0 Å². The van der Waals surface area contributed by atoms with Gasteiger partial charge >= 0.3 is 0 Å². The van der Waals surface area contributed by atoms with Gasteiger partial charge in [0.05, 0.1) is 33.4 Å². The van der Waals surface area contributed by atoms with E-state index >= 15 is 0 Å². The summed E-state index contributed by atoms with van der Waals surface area (Å²) in [7, 11) is 0. The molecular formula is C13H16BrN5O2. The number of hydrogen-bond donors (Lipinski definition) is 2. The molecule has 0 saturated carbocycles. The summed E-state index contributed by atoms with van der Waals surface area (Å²) in [5.74, 6) is -0.907. The van der Waals surface area contributed by atoms with Crippen LogP contribution in [0.4, 0.5) is 0 Å². The highest BCUT2D eigenvalue weighted by Gasteiger charge is 2.62. The van der Waals surface area contributed by atoms with Crippen molar-refractivity contribution in [1.29, 1.82) is 10.5 Å². The van der Waals surface area contributed by atoms with Gasteiger partial charge in [0.15, 0.2) is 5.41 Å². The van der Waals surface area contributed by atoms with Crippen LogP contribution in [0.3, 0.4) is 0 Å². The number of hydrogen-bond acceptors (Lipinski definition) is 6. The Labute approximate surface area is 131 Å². The van der Waals surface area contributed by atoms with Crippen molar-refractivity contribution in [1.82, 2.24) is 5.32 Å². The highest BCUT2D eigenvalue weighted by atomic mass is 79.9. The molecule has 21 heavy (non-hydrogen) atoms. The van der Waals surface area contributed by atoms with E-state index in [-0.39, 0.29) is 10.2 Å². The number of nitriles is 2. The molecule has 1 aliphatic heterocycles. The fraction of sp³-hybridized carbons (Fsp3) is 0.538. The smallest absolute Gasteiger partial charge is 0.244 e. The van der Waals surface area contributed by atoms with Crippen LogP contribution in [-0.2, 0) is 9.63 Å². The van der Waals surface area contributed by atoms with E-state index in [0.717, 1.165) is 0 Å². The number of carbonyl (C=O) groups excluding carboxylic acids is 1. The van der Waals surface area contributed by atoms with E-state index in [0.29, 0.717) is 5.71 Å². The fourth-order valence-corrected chi connectivity index (χ4v) is 2.79. The molecule has 0 saturated heterocycles. The fourth-order valence-electron chi connectivity index (χ4n) is 2.20. The molecule has 112 valence electrons. The molecule has 2 unspecified atom stereocenters. The Morgan fingerprint density at radius 3 is 2.43 bits per heavy atom. The largest absolute Gasteiger partial charge is 0.370 e. The van der Waals surface area contributed by atoms with Crippen molar-refractivity contribution in [3.05, 3.63) is 10.2 Å². The summed E-state index contributed by atoms with van der Waals surface area (Å²) in [5, 5.41) is 25.6. The van der Waals surface area contributed by atoms with Crippen molar-refractivity contribution in [2.45, 2.75) is 33.9 Å². The zero-order valence-electron chi connectivity index (χ0n) is 12.2. The number of rotatable bonds is 3. The van der Waals surface area contributed by atoms with E-state index in [1.54, 1.807) is 27.7 Å². The van der Waals surface area contributed by atoms with Gasteiger partial charge in [0.2, 0.25) is 12.1 Å². The molecule has 0 radical (unpaired) electrons. The van der Waals surface area contributed by atoms with Gasteiger partial charge in [-0.2, -0.15) is 10.5 Å². The van der Waals surface area contributed by atoms with Crippen LogP contribution in [0.5, 0.6) is 0 Å². The second kappa shape index (κ2) is 5.74. The standard InChI is InChI=1S/C13H16BrN5O2/c1-7(2)19-21-11-12(3,4)13(6-16,10(17)20)8(5-15)9(14)18-11/h11,18H,1-4H3,(H2,17,20). The summed E-state index contributed by atoms with van der Waals surface area (Å²) in [6, 6.07) is 3.78. The Morgan fingerprint density at radius 2 is 2.05 bits per heavy atom. The first kappa shape index (κ1) is 17.0. The highest BCUT2D eigenvalue weighted by molar-refractivity contribution is 9.11. The Hall–Kier alpha value is -2.06. The Kier molecular flexibility index (Phi) is 4.65. The second-order valence-corrected chi connectivity index (χ2v) is 6.21. The third-order valence-corrected chi connectivity index (χ3v) is 4.09. The lowest BCUT2D eigenvalue weighted by Gasteiger charge is -2.46.